The van der Waals surface area contributed by atoms with Gasteiger partial charge in [-0.3, -0.25) is 0 Å². The van der Waals surface area contributed by atoms with E-state index in [2.05, 4.69) is 13.8 Å². The molecular weight excluding hydrogens is 168 g/mol. The first-order chi connectivity index (χ1) is 5.63. The van der Waals surface area contributed by atoms with Crippen LogP contribution in [0, 0.1) is 5.92 Å². The van der Waals surface area contributed by atoms with Crippen LogP contribution in [0.25, 0.3) is 0 Å². The molecule has 0 spiro atoms. The van der Waals surface area contributed by atoms with Gasteiger partial charge >= 0.3 is 0 Å². The van der Waals surface area contributed by atoms with Gasteiger partial charge in [-0.15, -0.1) is 0 Å². The lowest BCUT2D eigenvalue weighted by molar-refractivity contribution is -0.117. The zero-order valence-corrected chi connectivity index (χ0v) is 9.25. The van der Waals surface area contributed by atoms with Crippen molar-refractivity contribution in [2.45, 2.75) is 40.0 Å². The predicted molar refractivity (Wildman–Crippen MR) is 56.7 cm³/mol. The Morgan fingerprint density at radius 1 is 1.33 bits per heavy atom. The van der Waals surface area contributed by atoms with Crippen LogP contribution in [0.2, 0.25) is 0 Å². The molecule has 0 atom stereocenters. The molecule has 0 bridgehead atoms. The molecule has 1 nitrogen and oxygen atoms in total. The average Bonchev–Trinajstić information content (AvgIpc) is 1.95. The van der Waals surface area contributed by atoms with Crippen molar-refractivity contribution in [2.24, 2.45) is 5.92 Å². The van der Waals surface area contributed by atoms with Crippen molar-refractivity contribution in [3.8, 4) is 0 Å². The minimum absolute atomic E-state index is 0.323. The Labute approximate surface area is 80.3 Å². The van der Waals surface area contributed by atoms with Crippen LogP contribution >= 0.6 is 11.8 Å². The van der Waals surface area contributed by atoms with Crippen LogP contribution in [0.1, 0.15) is 40.0 Å². The molecule has 0 heterocycles. The molecular formula is C10H20OS. The van der Waals surface area contributed by atoms with Gasteiger partial charge in [0.2, 0.25) is 0 Å². The van der Waals surface area contributed by atoms with Crippen LogP contribution in [0.15, 0.2) is 0 Å². The fourth-order valence-corrected chi connectivity index (χ4v) is 1.94. The van der Waals surface area contributed by atoms with Gasteiger partial charge in [-0.1, -0.05) is 13.8 Å². The standard InChI is InChI=1S/C10H20OS/c1-9(2)8-12-7-5-4-6-10(3)11/h9H,4-8H2,1-3H3. The molecule has 0 aliphatic carbocycles. The van der Waals surface area contributed by atoms with Crippen LogP contribution < -0.4 is 0 Å². The number of hydrogen-bond acceptors (Lipinski definition) is 2. The monoisotopic (exact) mass is 188 g/mol. The summed E-state index contributed by atoms with van der Waals surface area (Å²) in [7, 11) is 0. The van der Waals surface area contributed by atoms with E-state index >= 15 is 0 Å². The molecule has 0 amide bonds. The Morgan fingerprint density at radius 2 is 2.00 bits per heavy atom. The summed E-state index contributed by atoms with van der Waals surface area (Å²) < 4.78 is 0. The van der Waals surface area contributed by atoms with Crippen LogP contribution in [0.5, 0.6) is 0 Å². The Balaban J connectivity index is 2.96. The molecule has 0 aromatic heterocycles. The Hall–Kier alpha value is 0.0200. The molecule has 0 rings (SSSR count). The summed E-state index contributed by atoms with van der Waals surface area (Å²) in [5, 5.41) is 0. The van der Waals surface area contributed by atoms with Crippen molar-refractivity contribution in [1.29, 1.82) is 0 Å². The minimum atomic E-state index is 0.323. The summed E-state index contributed by atoms with van der Waals surface area (Å²) in [5.74, 6) is 3.58. The van der Waals surface area contributed by atoms with Crippen LogP contribution in [0.4, 0.5) is 0 Å². The van der Waals surface area contributed by atoms with E-state index in [9.17, 15) is 4.79 Å². The third-order valence-electron chi connectivity index (χ3n) is 1.52. The van der Waals surface area contributed by atoms with Crippen LogP contribution in [0.3, 0.4) is 0 Å². The highest BCUT2D eigenvalue weighted by Gasteiger charge is 1.96. The SMILES string of the molecule is CC(=O)CCCCSCC(C)C. The van der Waals surface area contributed by atoms with Crippen LogP contribution in [-0.4, -0.2) is 17.3 Å². The van der Waals surface area contributed by atoms with Gasteiger partial charge in [-0.05, 0) is 37.2 Å². The molecule has 0 unspecified atom stereocenters. The van der Waals surface area contributed by atoms with E-state index < -0.39 is 0 Å². The summed E-state index contributed by atoms with van der Waals surface area (Å²) >= 11 is 2.00. The number of rotatable bonds is 7. The van der Waals surface area contributed by atoms with Gasteiger partial charge in [0.25, 0.3) is 0 Å². The molecule has 12 heavy (non-hydrogen) atoms. The topological polar surface area (TPSA) is 17.1 Å². The fourth-order valence-electron chi connectivity index (χ4n) is 0.897. The fraction of sp³-hybridized carbons (Fsp3) is 0.900. The van der Waals surface area contributed by atoms with Crippen molar-refractivity contribution in [3.63, 3.8) is 0 Å². The van der Waals surface area contributed by atoms with Crippen molar-refractivity contribution >= 4 is 17.5 Å². The second-order valence-corrected chi connectivity index (χ2v) is 4.78. The van der Waals surface area contributed by atoms with E-state index in [0.717, 1.165) is 18.8 Å². The summed E-state index contributed by atoms with van der Waals surface area (Å²) in [6.45, 7) is 6.15. The number of hydrogen-bond donors (Lipinski definition) is 0. The lowest BCUT2D eigenvalue weighted by Gasteiger charge is -2.03. The number of unbranched alkanes of at least 4 members (excludes halogenated alkanes) is 1. The summed E-state index contributed by atoms with van der Waals surface area (Å²) in [6, 6.07) is 0. The Kier molecular flexibility index (Phi) is 7.67. The van der Waals surface area contributed by atoms with E-state index in [0.29, 0.717) is 5.78 Å². The molecule has 2 heteroatoms. The molecule has 0 aliphatic rings. The molecule has 0 aliphatic heterocycles. The lowest BCUT2D eigenvalue weighted by Crippen LogP contribution is -1.94. The smallest absolute Gasteiger partial charge is 0.129 e. The molecule has 0 N–H and O–H groups in total. The Morgan fingerprint density at radius 3 is 2.50 bits per heavy atom. The average molecular weight is 188 g/mol. The number of carbonyl (C=O) groups is 1. The highest BCUT2D eigenvalue weighted by molar-refractivity contribution is 7.99. The highest BCUT2D eigenvalue weighted by atomic mass is 32.2. The van der Waals surface area contributed by atoms with Gasteiger partial charge in [-0.2, -0.15) is 11.8 Å². The maximum Gasteiger partial charge on any atom is 0.129 e. The molecule has 0 aromatic rings. The molecule has 0 radical (unpaired) electrons. The number of ketones is 1. The Bertz CT molecular complexity index is 121. The van der Waals surface area contributed by atoms with Crippen molar-refractivity contribution in [2.75, 3.05) is 11.5 Å². The number of thioether (sulfide) groups is 1. The maximum absolute atomic E-state index is 10.6. The van der Waals surface area contributed by atoms with E-state index in [1.807, 2.05) is 11.8 Å². The molecule has 0 fully saturated rings. The minimum Gasteiger partial charge on any atom is -0.300 e. The molecule has 0 saturated carbocycles. The summed E-state index contributed by atoms with van der Waals surface area (Å²) in [5.41, 5.74) is 0. The zero-order valence-electron chi connectivity index (χ0n) is 8.43. The molecule has 0 aromatic carbocycles. The van der Waals surface area contributed by atoms with Crippen LogP contribution in [-0.2, 0) is 4.79 Å². The largest absolute Gasteiger partial charge is 0.300 e. The van der Waals surface area contributed by atoms with Gasteiger partial charge < -0.3 is 4.79 Å². The number of Topliss-reactive ketones (excluding diaryl/α,β-unsaturated/α-hetero) is 1. The summed E-state index contributed by atoms with van der Waals surface area (Å²) in [6.07, 6.45) is 3.03. The first kappa shape index (κ1) is 12.0. The van der Waals surface area contributed by atoms with Crippen molar-refractivity contribution in [1.82, 2.24) is 0 Å². The number of carbonyl (C=O) groups excluding carboxylic acids is 1. The first-order valence-corrected chi connectivity index (χ1v) is 5.85. The van der Waals surface area contributed by atoms with E-state index in [1.54, 1.807) is 6.92 Å². The van der Waals surface area contributed by atoms with E-state index in [4.69, 9.17) is 0 Å². The van der Waals surface area contributed by atoms with Gasteiger partial charge in [0.15, 0.2) is 0 Å². The van der Waals surface area contributed by atoms with Gasteiger partial charge in [0.05, 0.1) is 0 Å². The highest BCUT2D eigenvalue weighted by Crippen LogP contribution is 2.10. The quantitative estimate of drug-likeness (QED) is 0.571. The second-order valence-electron chi connectivity index (χ2n) is 3.63. The second kappa shape index (κ2) is 7.66. The molecule has 0 saturated heterocycles. The zero-order chi connectivity index (χ0) is 9.40. The van der Waals surface area contributed by atoms with Crippen molar-refractivity contribution < 1.29 is 4.79 Å². The van der Waals surface area contributed by atoms with Gasteiger partial charge in [-0.25, -0.2) is 0 Å². The van der Waals surface area contributed by atoms with E-state index in [1.165, 1.54) is 17.9 Å². The van der Waals surface area contributed by atoms with E-state index in [-0.39, 0.29) is 0 Å². The van der Waals surface area contributed by atoms with Gasteiger partial charge in [0, 0.05) is 6.42 Å². The molecule has 72 valence electrons. The lowest BCUT2D eigenvalue weighted by atomic mass is 10.2. The predicted octanol–water partition coefficient (Wildman–Crippen LogP) is 3.13. The normalized spacial score (nSPS) is 10.7. The summed E-state index contributed by atoms with van der Waals surface area (Å²) in [4.78, 5) is 10.6. The van der Waals surface area contributed by atoms with Crippen molar-refractivity contribution in [3.05, 3.63) is 0 Å². The third-order valence-corrected chi connectivity index (χ3v) is 3.00. The third kappa shape index (κ3) is 10.0. The first-order valence-electron chi connectivity index (χ1n) is 4.70. The maximum atomic E-state index is 10.6. The van der Waals surface area contributed by atoms with Gasteiger partial charge in [0.1, 0.15) is 5.78 Å².